The van der Waals surface area contributed by atoms with Crippen molar-refractivity contribution in [3.63, 3.8) is 0 Å². The number of para-hydroxylation sites is 1. The zero-order valence-electron chi connectivity index (χ0n) is 20.4. The lowest BCUT2D eigenvalue weighted by molar-refractivity contribution is -0.133. The average molecular weight is 467 g/mol. The summed E-state index contributed by atoms with van der Waals surface area (Å²) in [6, 6.07) is 27.4. The highest BCUT2D eigenvalue weighted by atomic mass is 16.2. The van der Waals surface area contributed by atoms with Gasteiger partial charge in [-0.05, 0) is 43.5 Å². The molecule has 0 aliphatic heterocycles. The minimum Gasteiger partial charge on any atom is -0.333 e. The molecule has 4 rings (SSSR count). The van der Waals surface area contributed by atoms with E-state index in [1.807, 2.05) is 106 Å². The van der Waals surface area contributed by atoms with Crippen LogP contribution in [-0.2, 0) is 16.0 Å². The Hall–Kier alpha value is -4.19. The molecule has 0 fully saturated rings. The van der Waals surface area contributed by atoms with E-state index in [4.69, 9.17) is 5.10 Å². The van der Waals surface area contributed by atoms with Crippen molar-refractivity contribution in [2.75, 3.05) is 18.4 Å². The van der Waals surface area contributed by atoms with Gasteiger partial charge in [-0.15, -0.1) is 0 Å². The number of benzene rings is 3. The Bertz CT molecular complexity index is 1310. The van der Waals surface area contributed by atoms with E-state index in [0.29, 0.717) is 12.4 Å². The number of rotatable bonds is 8. The number of nitrogens with zero attached hydrogens (tertiary/aromatic N) is 3. The highest BCUT2D eigenvalue weighted by Crippen LogP contribution is 2.34. The van der Waals surface area contributed by atoms with Gasteiger partial charge in [0.05, 0.1) is 24.3 Å². The van der Waals surface area contributed by atoms with Crippen LogP contribution >= 0.6 is 0 Å². The summed E-state index contributed by atoms with van der Waals surface area (Å²) in [5.74, 6) is 0.250. The number of likely N-dealkylation sites (N-methyl/N-ethyl adjacent to an activating group) is 1. The Labute approximate surface area is 206 Å². The minimum atomic E-state index is -0.264. The molecule has 0 bridgehead atoms. The molecule has 0 spiro atoms. The lowest BCUT2D eigenvalue weighted by atomic mass is 10.1. The Balaban J connectivity index is 1.63. The average Bonchev–Trinajstić information content (AvgIpc) is 3.19. The second kappa shape index (κ2) is 10.8. The third kappa shape index (κ3) is 5.49. The van der Waals surface area contributed by atoms with Crippen LogP contribution in [0.3, 0.4) is 0 Å². The topological polar surface area (TPSA) is 67.2 Å². The third-order valence-electron chi connectivity index (χ3n) is 5.99. The molecule has 6 nitrogen and oxygen atoms in total. The van der Waals surface area contributed by atoms with Crippen LogP contribution in [0.4, 0.5) is 5.82 Å². The zero-order valence-corrected chi connectivity index (χ0v) is 20.4. The van der Waals surface area contributed by atoms with Crippen LogP contribution in [0.1, 0.15) is 23.7 Å². The van der Waals surface area contributed by atoms with Crippen LogP contribution in [0.15, 0.2) is 84.9 Å². The predicted octanol–water partition coefficient (Wildman–Crippen LogP) is 5.19. The number of carbonyl (C=O) groups excluding carboxylic acids is 2. The number of amides is 2. The smallest absolute Gasteiger partial charge is 0.245 e. The summed E-state index contributed by atoms with van der Waals surface area (Å²) in [6.45, 7) is 6.25. The molecule has 1 N–H and O–H groups in total. The molecule has 0 saturated heterocycles. The summed E-state index contributed by atoms with van der Waals surface area (Å²) < 4.78 is 1.78. The van der Waals surface area contributed by atoms with Gasteiger partial charge in [0.2, 0.25) is 11.8 Å². The van der Waals surface area contributed by atoms with Gasteiger partial charge in [0.25, 0.3) is 0 Å². The maximum Gasteiger partial charge on any atom is 0.245 e. The Morgan fingerprint density at radius 2 is 1.51 bits per heavy atom. The van der Waals surface area contributed by atoms with Gasteiger partial charge in [0.15, 0.2) is 0 Å². The fraction of sp³-hybridized carbons (Fsp3) is 0.207. The Morgan fingerprint density at radius 3 is 2.17 bits per heavy atom. The number of aryl methyl sites for hydroxylation is 2. The summed E-state index contributed by atoms with van der Waals surface area (Å²) in [4.78, 5) is 27.7. The molecular weight excluding hydrogens is 436 g/mol. The van der Waals surface area contributed by atoms with Crippen molar-refractivity contribution in [1.29, 1.82) is 0 Å². The van der Waals surface area contributed by atoms with Gasteiger partial charge in [-0.2, -0.15) is 5.10 Å². The first-order chi connectivity index (χ1) is 17.0. The highest BCUT2D eigenvalue weighted by Gasteiger charge is 2.23. The number of aromatic nitrogens is 2. The predicted molar refractivity (Wildman–Crippen MR) is 140 cm³/mol. The van der Waals surface area contributed by atoms with E-state index in [9.17, 15) is 9.59 Å². The molecule has 1 aromatic heterocycles. The van der Waals surface area contributed by atoms with E-state index in [1.165, 1.54) is 0 Å². The molecule has 35 heavy (non-hydrogen) atoms. The van der Waals surface area contributed by atoms with Crippen LogP contribution in [0.5, 0.6) is 0 Å². The minimum absolute atomic E-state index is 0.0333. The van der Waals surface area contributed by atoms with Crippen LogP contribution in [-0.4, -0.2) is 39.6 Å². The number of carbonyl (C=O) groups is 2. The third-order valence-corrected chi connectivity index (χ3v) is 5.99. The van der Waals surface area contributed by atoms with Crippen LogP contribution in [0.2, 0.25) is 0 Å². The maximum atomic E-state index is 13.3. The van der Waals surface area contributed by atoms with Crippen LogP contribution in [0, 0.1) is 13.8 Å². The fourth-order valence-corrected chi connectivity index (χ4v) is 4.17. The molecule has 0 aliphatic rings. The maximum absolute atomic E-state index is 13.3. The van der Waals surface area contributed by atoms with Crippen LogP contribution < -0.4 is 5.32 Å². The van der Waals surface area contributed by atoms with E-state index in [0.717, 1.165) is 33.6 Å². The van der Waals surface area contributed by atoms with E-state index in [1.54, 1.807) is 9.58 Å². The summed E-state index contributed by atoms with van der Waals surface area (Å²) in [5.41, 5.74) is 5.49. The normalized spacial score (nSPS) is 10.7. The van der Waals surface area contributed by atoms with Crippen molar-refractivity contribution in [2.24, 2.45) is 0 Å². The number of nitrogens with one attached hydrogen (secondary N) is 1. The van der Waals surface area contributed by atoms with Crippen molar-refractivity contribution in [3.05, 3.63) is 102 Å². The van der Waals surface area contributed by atoms with Gasteiger partial charge in [0.1, 0.15) is 5.82 Å². The quantitative estimate of drug-likeness (QED) is 0.389. The fourth-order valence-electron chi connectivity index (χ4n) is 4.17. The largest absolute Gasteiger partial charge is 0.333 e. The Kier molecular flexibility index (Phi) is 7.41. The van der Waals surface area contributed by atoms with Gasteiger partial charge >= 0.3 is 0 Å². The Morgan fingerprint density at radius 1 is 0.886 bits per heavy atom. The van der Waals surface area contributed by atoms with Crippen molar-refractivity contribution in [3.8, 4) is 16.8 Å². The highest BCUT2D eigenvalue weighted by molar-refractivity contribution is 5.98. The van der Waals surface area contributed by atoms with Gasteiger partial charge in [0, 0.05) is 12.1 Å². The standard InChI is InChI=1S/C29H30N4O2/c1-4-32(27(35)19-23-14-7-5-8-15-23)20-26(34)30-29-28(24-16-9-6-10-17-24)22(3)31-33(29)25-18-12-11-13-21(25)2/h5-18H,4,19-20H2,1-3H3,(H,30,34). The van der Waals surface area contributed by atoms with E-state index >= 15 is 0 Å². The molecule has 6 heteroatoms. The zero-order chi connectivity index (χ0) is 24.8. The molecule has 1 heterocycles. The van der Waals surface area contributed by atoms with E-state index in [-0.39, 0.29) is 24.8 Å². The van der Waals surface area contributed by atoms with Crippen molar-refractivity contribution < 1.29 is 9.59 Å². The van der Waals surface area contributed by atoms with Crippen molar-refractivity contribution in [1.82, 2.24) is 14.7 Å². The molecule has 0 saturated carbocycles. The van der Waals surface area contributed by atoms with Gasteiger partial charge in [-0.25, -0.2) is 4.68 Å². The molecule has 0 unspecified atom stereocenters. The monoisotopic (exact) mass is 466 g/mol. The van der Waals surface area contributed by atoms with Crippen molar-refractivity contribution >= 4 is 17.6 Å². The summed E-state index contributed by atoms with van der Waals surface area (Å²) in [6.07, 6.45) is 0.261. The molecule has 0 atom stereocenters. The first-order valence-electron chi connectivity index (χ1n) is 11.8. The SMILES string of the molecule is CCN(CC(=O)Nc1c(-c2ccccc2)c(C)nn1-c1ccccc1C)C(=O)Cc1ccccc1. The van der Waals surface area contributed by atoms with Gasteiger partial charge in [-0.3, -0.25) is 9.59 Å². The summed E-state index contributed by atoms with van der Waals surface area (Å²) >= 11 is 0. The summed E-state index contributed by atoms with van der Waals surface area (Å²) in [5, 5.41) is 7.86. The van der Waals surface area contributed by atoms with Crippen LogP contribution in [0.25, 0.3) is 16.8 Å². The molecule has 178 valence electrons. The molecule has 3 aromatic carbocycles. The lowest BCUT2D eigenvalue weighted by Crippen LogP contribution is -2.39. The molecule has 0 aliphatic carbocycles. The molecule has 0 radical (unpaired) electrons. The number of hydrogen-bond acceptors (Lipinski definition) is 3. The van der Waals surface area contributed by atoms with E-state index < -0.39 is 0 Å². The van der Waals surface area contributed by atoms with E-state index in [2.05, 4.69) is 5.32 Å². The second-order valence-corrected chi connectivity index (χ2v) is 8.49. The number of anilines is 1. The molecule has 2 amide bonds. The number of hydrogen-bond donors (Lipinski definition) is 1. The second-order valence-electron chi connectivity index (χ2n) is 8.49. The van der Waals surface area contributed by atoms with Gasteiger partial charge < -0.3 is 10.2 Å². The lowest BCUT2D eigenvalue weighted by Gasteiger charge is -2.21. The first-order valence-corrected chi connectivity index (χ1v) is 11.8. The first kappa shape index (κ1) is 24.0. The summed E-state index contributed by atoms with van der Waals surface area (Å²) in [7, 11) is 0. The van der Waals surface area contributed by atoms with Crippen molar-refractivity contribution in [2.45, 2.75) is 27.2 Å². The molecule has 4 aromatic rings. The molecular formula is C29H30N4O2. The van der Waals surface area contributed by atoms with Gasteiger partial charge in [-0.1, -0.05) is 78.9 Å².